The summed E-state index contributed by atoms with van der Waals surface area (Å²) in [5.74, 6) is -0.0713. The van der Waals surface area contributed by atoms with Gasteiger partial charge in [-0.05, 0) is 13.8 Å². The molecule has 0 radical (unpaired) electrons. The van der Waals surface area contributed by atoms with Crippen molar-refractivity contribution in [1.82, 2.24) is 15.1 Å². The molecule has 6 heteroatoms. The zero-order chi connectivity index (χ0) is 12.8. The van der Waals surface area contributed by atoms with Crippen LogP contribution >= 0.6 is 0 Å². The van der Waals surface area contributed by atoms with E-state index < -0.39 is 0 Å². The first kappa shape index (κ1) is 13.5. The van der Waals surface area contributed by atoms with Crippen LogP contribution in [0.25, 0.3) is 0 Å². The Morgan fingerprint density at radius 3 is 2.88 bits per heavy atom. The second-order valence-corrected chi connectivity index (χ2v) is 3.97. The normalized spacial score (nSPS) is 14.1. The van der Waals surface area contributed by atoms with E-state index in [1.807, 2.05) is 13.8 Å². The number of hydrogen-bond acceptors (Lipinski definition) is 4. The lowest BCUT2D eigenvalue weighted by Crippen LogP contribution is -2.29. The van der Waals surface area contributed by atoms with E-state index in [0.717, 1.165) is 5.69 Å². The molecule has 0 bridgehead atoms. The van der Waals surface area contributed by atoms with Crippen LogP contribution in [-0.2, 0) is 16.1 Å². The molecule has 0 fully saturated rings. The van der Waals surface area contributed by atoms with E-state index >= 15 is 0 Å². The third-order valence-corrected chi connectivity index (χ3v) is 2.69. The number of carbonyl (C=O) groups is 1. The number of nitrogens with zero attached hydrogens (tertiary/aromatic N) is 2. The topological polar surface area (TPSA) is 68.2 Å². The molecule has 1 rings (SSSR count). The van der Waals surface area contributed by atoms with Crippen molar-refractivity contribution >= 4 is 11.6 Å². The highest BCUT2D eigenvalue weighted by Gasteiger charge is 2.11. The number of amides is 1. The van der Waals surface area contributed by atoms with Gasteiger partial charge < -0.3 is 15.4 Å². The van der Waals surface area contributed by atoms with Crippen LogP contribution in [-0.4, -0.2) is 42.0 Å². The van der Waals surface area contributed by atoms with Crippen LogP contribution in [0.15, 0.2) is 12.4 Å². The highest BCUT2D eigenvalue weighted by atomic mass is 16.5. The second-order valence-electron chi connectivity index (χ2n) is 3.97. The Hall–Kier alpha value is -1.56. The zero-order valence-electron chi connectivity index (χ0n) is 10.7. The molecular weight excluding hydrogens is 220 g/mol. The number of carbonyl (C=O) groups excluding carboxylic acids is 1. The van der Waals surface area contributed by atoms with Gasteiger partial charge in [0.1, 0.15) is 6.54 Å². The molecule has 2 atom stereocenters. The number of rotatable bonds is 6. The summed E-state index contributed by atoms with van der Waals surface area (Å²) in [6, 6.07) is 0.178. The number of methoxy groups -OCH3 is 1. The summed E-state index contributed by atoms with van der Waals surface area (Å²) in [7, 11) is 3.28. The van der Waals surface area contributed by atoms with Crippen LogP contribution in [0.1, 0.15) is 13.8 Å². The van der Waals surface area contributed by atoms with Crippen LogP contribution in [0.5, 0.6) is 0 Å². The maximum atomic E-state index is 11.2. The molecule has 1 aromatic heterocycles. The summed E-state index contributed by atoms with van der Waals surface area (Å²) in [6.07, 6.45) is 3.60. The largest absolute Gasteiger partial charge is 0.380 e. The third kappa shape index (κ3) is 4.07. The molecule has 17 heavy (non-hydrogen) atoms. The lowest BCUT2D eigenvalue weighted by atomic mass is 10.2. The molecule has 0 aliphatic carbocycles. The van der Waals surface area contributed by atoms with Gasteiger partial charge in [0.05, 0.1) is 18.0 Å². The Morgan fingerprint density at radius 1 is 1.59 bits per heavy atom. The quantitative estimate of drug-likeness (QED) is 0.758. The van der Waals surface area contributed by atoms with Crippen molar-refractivity contribution in [3.05, 3.63) is 12.4 Å². The maximum absolute atomic E-state index is 11.2. The number of aromatic nitrogens is 2. The molecule has 1 amide bonds. The minimum atomic E-state index is -0.0713. The van der Waals surface area contributed by atoms with Crippen molar-refractivity contribution in [2.45, 2.75) is 32.5 Å². The lowest BCUT2D eigenvalue weighted by molar-refractivity contribution is -0.121. The van der Waals surface area contributed by atoms with Gasteiger partial charge in [0, 0.05) is 26.4 Å². The summed E-state index contributed by atoms with van der Waals surface area (Å²) < 4.78 is 6.81. The standard InChI is InChI=1S/C11H20N4O2/c1-8(9(2)17-4)14-10-5-13-15(6-10)7-11(16)12-3/h5-6,8-9,14H,7H2,1-4H3,(H,12,16). The molecule has 0 saturated heterocycles. The van der Waals surface area contributed by atoms with Crippen LogP contribution in [0, 0.1) is 0 Å². The Kier molecular flexibility index (Phi) is 4.96. The van der Waals surface area contributed by atoms with Gasteiger partial charge >= 0.3 is 0 Å². The van der Waals surface area contributed by atoms with Crippen LogP contribution in [0.4, 0.5) is 5.69 Å². The van der Waals surface area contributed by atoms with Crippen molar-refractivity contribution in [3.63, 3.8) is 0 Å². The Morgan fingerprint density at radius 2 is 2.29 bits per heavy atom. The van der Waals surface area contributed by atoms with Crippen LogP contribution in [0.2, 0.25) is 0 Å². The van der Waals surface area contributed by atoms with E-state index in [2.05, 4.69) is 15.7 Å². The lowest BCUT2D eigenvalue weighted by Gasteiger charge is -2.19. The minimum Gasteiger partial charge on any atom is -0.380 e. The van der Waals surface area contributed by atoms with Gasteiger partial charge in [-0.3, -0.25) is 9.48 Å². The molecule has 0 spiro atoms. The first-order valence-electron chi connectivity index (χ1n) is 5.59. The van der Waals surface area contributed by atoms with Crippen molar-refractivity contribution in [3.8, 4) is 0 Å². The Balaban J connectivity index is 2.53. The molecular formula is C11H20N4O2. The fraction of sp³-hybridized carbons (Fsp3) is 0.636. The van der Waals surface area contributed by atoms with E-state index in [0.29, 0.717) is 0 Å². The smallest absolute Gasteiger partial charge is 0.241 e. The Bertz CT molecular complexity index is 364. The predicted octanol–water partition coefficient (Wildman–Crippen LogP) is 0.464. The van der Waals surface area contributed by atoms with Crippen LogP contribution < -0.4 is 10.6 Å². The second kappa shape index (κ2) is 6.24. The van der Waals surface area contributed by atoms with Crippen molar-refractivity contribution in [2.24, 2.45) is 0 Å². The van der Waals surface area contributed by atoms with Gasteiger partial charge in [-0.1, -0.05) is 0 Å². The van der Waals surface area contributed by atoms with E-state index in [4.69, 9.17) is 4.74 Å². The summed E-state index contributed by atoms with van der Waals surface area (Å²) in [5.41, 5.74) is 0.880. The maximum Gasteiger partial charge on any atom is 0.241 e. The van der Waals surface area contributed by atoms with E-state index in [-0.39, 0.29) is 24.6 Å². The highest BCUT2D eigenvalue weighted by Crippen LogP contribution is 2.09. The minimum absolute atomic E-state index is 0.0713. The first-order chi connectivity index (χ1) is 8.06. The fourth-order valence-electron chi connectivity index (χ4n) is 1.34. The van der Waals surface area contributed by atoms with Crippen molar-refractivity contribution < 1.29 is 9.53 Å². The highest BCUT2D eigenvalue weighted by molar-refractivity contribution is 5.75. The number of anilines is 1. The van der Waals surface area contributed by atoms with Crippen LogP contribution in [0.3, 0.4) is 0 Å². The summed E-state index contributed by atoms with van der Waals surface area (Å²) in [6.45, 7) is 4.25. The van der Waals surface area contributed by atoms with Gasteiger partial charge in [-0.25, -0.2) is 0 Å². The molecule has 0 saturated carbocycles. The predicted molar refractivity (Wildman–Crippen MR) is 65.8 cm³/mol. The molecule has 0 aliphatic rings. The molecule has 1 heterocycles. The molecule has 0 aromatic carbocycles. The van der Waals surface area contributed by atoms with Gasteiger partial charge in [0.15, 0.2) is 0 Å². The van der Waals surface area contributed by atoms with Crippen molar-refractivity contribution in [2.75, 3.05) is 19.5 Å². The number of hydrogen-bond donors (Lipinski definition) is 2. The van der Waals surface area contributed by atoms with Gasteiger partial charge in [0.2, 0.25) is 5.91 Å². The summed E-state index contributed by atoms with van der Waals surface area (Å²) >= 11 is 0. The van der Waals surface area contributed by atoms with E-state index in [9.17, 15) is 4.79 Å². The molecule has 2 N–H and O–H groups in total. The van der Waals surface area contributed by atoms with E-state index in [1.165, 1.54) is 0 Å². The zero-order valence-corrected chi connectivity index (χ0v) is 10.7. The average molecular weight is 240 g/mol. The fourth-order valence-corrected chi connectivity index (χ4v) is 1.34. The number of ether oxygens (including phenoxy) is 1. The number of nitrogens with one attached hydrogen (secondary N) is 2. The molecule has 1 aromatic rings. The summed E-state index contributed by atoms with van der Waals surface area (Å²) in [4.78, 5) is 11.2. The van der Waals surface area contributed by atoms with E-state index in [1.54, 1.807) is 31.2 Å². The monoisotopic (exact) mass is 240 g/mol. The number of likely N-dealkylation sites (N-methyl/N-ethyl adjacent to an activating group) is 1. The van der Waals surface area contributed by atoms with Gasteiger partial charge in [0.25, 0.3) is 0 Å². The third-order valence-electron chi connectivity index (χ3n) is 2.69. The van der Waals surface area contributed by atoms with Crippen molar-refractivity contribution in [1.29, 1.82) is 0 Å². The summed E-state index contributed by atoms with van der Waals surface area (Å²) in [5, 5.41) is 9.91. The van der Waals surface area contributed by atoms with Gasteiger partial charge in [-0.15, -0.1) is 0 Å². The average Bonchev–Trinajstić information content (AvgIpc) is 2.75. The molecule has 6 nitrogen and oxygen atoms in total. The first-order valence-corrected chi connectivity index (χ1v) is 5.59. The molecule has 2 unspecified atom stereocenters. The van der Waals surface area contributed by atoms with Gasteiger partial charge in [-0.2, -0.15) is 5.10 Å². The SMILES string of the molecule is CNC(=O)Cn1cc(NC(C)C(C)OC)cn1. The molecule has 0 aliphatic heterocycles. The Labute approximate surface area is 101 Å². The molecule has 96 valence electrons.